The first-order chi connectivity index (χ1) is 14.8. The zero-order valence-corrected chi connectivity index (χ0v) is 18.2. The Kier molecular flexibility index (Phi) is 6.95. The van der Waals surface area contributed by atoms with Gasteiger partial charge in [-0.05, 0) is 36.4 Å². The van der Waals surface area contributed by atoms with Crippen LogP contribution in [0, 0.1) is 0 Å². The van der Waals surface area contributed by atoms with E-state index < -0.39 is 23.5 Å². The number of hydrogen-bond donors (Lipinski definition) is 1. The largest absolute Gasteiger partial charge is 0.455 e. The van der Waals surface area contributed by atoms with Crippen LogP contribution in [0.5, 0.6) is 0 Å². The molecule has 0 unspecified atom stereocenters. The monoisotopic (exact) mass is 534 g/mol. The summed E-state index contributed by atoms with van der Waals surface area (Å²) in [6.07, 6.45) is -8.11. The number of benzene rings is 2. The highest BCUT2D eigenvalue weighted by molar-refractivity contribution is 6.39. The smallest absolute Gasteiger partial charge is 0.416 e. The fraction of sp³-hybridized carbons (Fsp3) is 0.105. The summed E-state index contributed by atoms with van der Waals surface area (Å²) >= 11 is 23.6. The predicted octanol–water partition coefficient (Wildman–Crippen LogP) is 9.04. The minimum atomic E-state index is -4.63. The first-order valence-corrected chi connectivity index (χ1v) is 9.80. The molecule has 0 fully saturated rings. The zero-order valence-electron chi connectivity index (χ0n) is 15.2. The summed E-state index contributed by atoms with van der Waals surface area (Å²) in [4.78, 5) is 0. The normalized spacial score (nSPS) is 12.6. The molecule has 1 heterocycles. The van der Waals surface area contributed by atoms with Gasteiger partial charge < -0.3 is 4.42 Å². The molecule has 1 aromatic heterocycles. The van der Waals surface area contributed by atoms with Gasteiger partial charge in [0.15, 0.2) is 0 Å². The minimum Gasteiger partial charge on any atom is -0.455 e. The number of rotatable bonds is 4. The fourth-order valence-corrected chi connectivity index (χ4v) is 3.78. The zero-order chi connectivity index (χ0) is 23.8. The second-order valence-electron chi connectivity index (χ2n) is 6.20. The van der Waals surface area contributed by atoms with E-state index in [1.54, 1.807) is 0 Å². The molecule has 3 rings (SSSR count). The molecule has 170 valence electrons. The van der Waals surface area contributed by atoms with Crippen LogP contribution >= 0.6 is 46.4 Å². The average Bonchev–Trinajstić information content (AvgIpc) is 3.10. The predicted molar refractivity (Wildman–Crippen MR) is 112 cm³/mol. The van der Waals surface area contributed by atoms with Gasteiger partial charge in [0.2, 0.25) is 0 Å². The van der Waals surface area contributed by atoms with E-state index in [4.69, 9.17) is 50.8 Å². The lowest BCUT2D eigenvalue weighted by atomic mass is 10.1. The Morgan fingerprint density at radius 1 is 0.750 bits per heavy atom. The number of halogens is 10. The molecule has 0 saturated carbocycles. The van der Waals surface area contributed by atoms with Gasteiger partial charge in [-0.3, -0.25) is 5.43 Å². The minimum absolute atomic E-state index is 0.0442. The quantitative estimate of drug-likeness (QED) is 0.205. The van der Waals surface area contributed by atoms with Gasteiger partial charge in [-0.1, -0.05) is 46.4 Å². The van der Waals surface area contributed by atoms with Gasteiger partial charge in [0.25, 0.3) is 0 Å². The first kappa shape index (κ1) is 24.6. The van der Waals surface area contributed by atoms with Crippen molar-refractivity contribution in [1.82, 2.24) is 0 Å². The van der Waals surface area contributed by atoms with Crippen molar-refractivity contribution in [2.45, 2.75) is 12.4 Å². The second kappa shape index (κ2) is 9.05. The van der Waals surface area contributed by atoms with E-state index in [1.165, 1.54) is 12.1 Å². The van der Waals surface area contributed by atoms with Gasteiger partial charge >= 0.3 is 12.4 Å². The molecule has 1 N–H and O–H groups in total. The summed E-state index contributed by atoms with van der Waals surface area (Å²) < 4.78 is 82.4. The van der Waals surface area contributed by atoms with Crippen LogP contribution in [-0.4, -0.2) is 6.21 Å². The molecule has 3 nitrogen and oxygen atoms in total. The number of furan rings is 1. The highest BCUT2D eigenvalue weighted by Crippen LogP contribution is 2.41. The molecule has 0 amide bonds. The molecule has 0 radical (unpaired) electrons. The SMILES string of the molecule is FC(F)(F)c1cc(Cl)c(N/N=C/c2ccc(-c3c(Cl)cc(C(F)(F)F)cc3Cl)o2)c(Cl)c1. The van der Waals surface area contributed by atoms with Crippen LogP contribution in [0.25, 0.3) is 11.3 Å². The van der Waals surface area contributed by atoms with Crippen LogP contribution in [0.4, 0.5) is 32.0 Å². The van der Waals surface area contributed by atoms with Gasteiger partial charge in [-0.15, -0.1) is 0 Å². The Morgan fingerprint density at radius 3 is 1.69 bits per heavy atom. The summed E-state index contributed by atoms with van der Waals surface area (Å²) in [6, 6.07) is 5.63. The molecule has 0 aliphatic rings. The van der Waals surface area contributed by atoms with E-state index in [0.29, 0.717) is 12.1 Å². The molecule has 3 aromatic rings. The molecule has 13 heteroatoms. The van der Waals surface area contributed by atoms with Crippen LogP contribution in [0.2, 0.25) is 20.1 Å². The van der Waals surface area contributed by atoms with E-state index in [0.717, 1.165) is 18.3 Å². The topological polar surface area (TPSA) is 37.5 Å². The van der Waals surface area contributed by atoms with Gasteiger partial charge in [0.05, 0.1) is 48.7 Å². The molecule has 0 aliphatic heterocycles. The molecule has 0 bridgehead atoms. The maximum Gasteiger partial charge on any atom is 0.416 e. The fourth-order valence-electron chi connectivity index (χ4n) is 2.53. The molecule has 0 saturated heterocycles. The van der Waals surface area contributed by atoms with E-state index in [1.807, 2.05) is 0 Å². The van der Waals surface area contributed by atoms with Crippen molar-refractivity contribution in [1.29, 1.82) is 0 Å². The lowest BCUT2D eigenvalue weighted by molar-refractivity contribution is -0.138. The highest BCUT2D eigenvalue weighted by Gasteiger charge is 2.33. The third-order valence-corrected chi connectivity index (χ3v) is 5.17. The van der Waals surface area contributed by atoms with Gasteiger partial charge in [-0.2, -0.15) is 31.4 Å². The number of hydrazone groups is 1. The molecule has 0 spiro atoms. The van der Waals surface area contributed by atoms with Crippen molar-refractivity contribution >= 4 is 58.3 Å². The van der Waals surface area contributed by atoms with E-state index in [2.05, 4.69) is 10.5 Å². The Hall–Kier alpha value is -2.07. The maximum absolute atomic E-state index is 12.9. The van der Waals surface area contributed by atoms with Crippen LogP contribution < -0.4 is 5.43 Å². The maximum atomic E-state index is 12.9. The Morgan fingerprint density at radius 2 is 1.22 bits per heavy atom. The van der Waals surface area contributed by atoms with Gasteiger partial charge in [0.1, 0.15) is 11.5 Å². The molecular formula is C19H8Cl4F6N2O. The standard InChI is InChI=1S/C19H8Cl4F6N2O/c20-11-3-8(18(24,25)26)4-12(21)16(11)15-2-1-10(32-15)7-30-31-17-13(22)5-9(6-14(17)23)19(27,28)29/h1-7,31H/b30-7+. The highest BCUT2D eigenvalue weighted by atomic mass is 35.5. The van der Waals surface area contributed by atoms with Crippen LogP contribution in [-0.2, 0) is 12.4 Å². The molecular weight excluding hydrogens is 528 g/mol. The van der Waals surface area contributed by atoms with Crippen molar-refractivity contribution in [3.8, 4) is 11.3 Å². The van der Waals surface area contributed by atoms with E-state index in [-0.39, 0.29) is 42.9 Å². The first-order valence-electron chi connectivity index (χ1n) is 8.29. The summed E-state index contributed by atoms with van der Waals surface area (Å²) in [6.45, 7) is 0. The van der Waals surface area contributed by atoms with Gasteiger partial charge in [0, 0.05) is 0 Å². The number of anilines is 1. The summed E-state index contributed by atoms with van der Waals surface area (Å²) in [7, 11) is 0. The summed E-state index contributed by atoms with van der Waals surface area (Å²) in [5, 5.41) is 2.61. The Labute approximate surface area is 196 Å². The van der Waals surface area contributed by atoms with Crippen molar-refractivity contribution in [2.75, 3.05) is 5.43 Å². The second-order valence-corrected chi connectivity index (χ2v) is 7.83. The lowest BCUT2D eigenvalue weighted by Gasteiger charge is -2.11. The summed E-state index contributed by atoms with van der Waals surface area (Å²) in [5.41, 5.74) is 0.339. The molecule has 0 aliphatic carbocycles. The summed E-state index contributed by atoms with van der Waals surface area (Å²) in [5.74, 6) is 0.194. The Balaban J connectivity index is 1.81. The third kappa shape index (κ3) is 5.46. The molecule has 0 atom stereocenters. The van der Waals surface area contributed by atoms with Crippen molar-refractivity contribution in [2.24, 2.45) is 5.10 Å². The Bertz CT molecular complexity index is 1140. The van der Waals surface area contributed by atoms with Crippen LogP contribution in [0.15, 0.2) is 45.9 Å². The number of nitrogens with one attached hydrogen (secondary N) is 1. The van der Waals surface area contributed by atoms with Crippen molar-refractivity contribution < 1.29 is 30.8 Å². The van der Waals surface area contributed by atoms with Crippen LogP contribution in [0.1, 0.15) is 16.9 Å². The van der Waals surface area contributed by atoms with Crippen LogP contribution in [0.3, 0.4) is 0 Å². The number of nitrogens with zero attached hydrogens (tertiary/aromatic N) is 1. The average molecular weight is 536 g/mol. The number of hydrogen-bond acceptors (Lipinski definition) is 3. The van der Waals surface area contributed by atoms with E-state index in [9.17, 15) is 26.3 Å². The third-order valence-electron chi connectivity index (χ3n) is 3.98. The van der Waals surface area contributed by atoms with Crippen molar-refractivity contribution in [3.05, 3.63) is 73.4 Å². The number of alkyl halides is 6. The molecule has 32 heavy (non-hydrogen) atoms. The van der Waals surface area contributed by atoms with E-state index >= 15 is 0 Å². The lowest BCUT2D eigenvalue weighted by Crippen LogP contribution is -2.05. The van der Waals surface area contributed by atoms with Gasteiger partial charge in [-0.25, -0.2) is 0 Å². The molecule has 2 aromatic carbocycles. The van der Waals surface area contributed by atoms with Crippen molar-refractivity contribution in [3.63, 3.8) is 0 Å².